The Hall–Kier alpha value is -3.61. The molecule has 7 nitrogen and oxygen atoms in total. The molecule has 2 N–H and O–H groups in total. The van der Waals surface area contributed by atoms with Gasteiger partial charge in [0.25, 0.3) is 5.91 Å². The predicted octanol–water partition coefficient (Wildman–Crippen LogP) is 3.95. The minimum absolute atomic E-state index is 0.120. The Bertz CT molecular complexity index is 941. The van der Waals surface area contributed by atoms with Gasteiger partial charge in [-0.25, -0.2) is 9.97 Å². The van der Waals surface area contributed by atoms with Crippen molar-refractivity contribution in [3.05, 3.63) is 72.2 Å². The Kier molecular flexibility index (Phi) is 6.63. The Morgan fingerprint density at radius 1 is 1.00 bits per heavy atom. The van der Waals surface area contributed by atoms with Gasteiger partial charge in [0.2, 0.25) is 0 Å². The highest BCUT2D eigenvalue weighted by Gasteiger charge is 2.09. The molecule has 3 aromatic rings. The fraction of sp³-hybridized carbons (Fsp3) is 0.227. The number of aromatic nitrogens is 2. The number of carbonyl (C=O) groups excluding carboxylic acids is 1. The molecule has 0 aliphatic rings. The average molecular weight is 392 g/mol. The number of anilines is 2. The number of nitrogens with zero attached hydrogens (tertiary/aromatic N) is 2. The summed E-state index contributed by atoms with van der Waals surface area (Å²) in [5.74, 6) is 1.83. The number of ether oxygens (including phenoxy) is 2. The monoisotopic (exact) mass is 392 g/mol. The van der Waals surface area contributed by atoms with E-state index in [1.54, 1.807) is 13.2 Å². The topological polar surface area (TPSA) is 85.4 Å². The van der Waals surface area contributed by atoms with Crippen molar-refractivity contribution in [2.45, 2.75) is 26.5 Å². The van der Waals surface area contributed by atoms with Gasteiger partial charge in [0.1, 0.15) is 29.3 Å². The van der Waals surface area contributed by atoms with Gasteiger partial charge in [-0.05, 0) is 55.8 Å². The van der Waals surface area contributed by atoms with Crippen molar-refractivity contribution < 1.29 is 14.3 Å². The third-order valence-corrected chi connectivity index (χ3v) is 4.01. The van der Waals surface area contributed by atoms with E-state index in [0.717, 1.165) is 22.7 Å². The lowest BCUT2D eigenvalue weighted by atomic mass is 10.2. The molecule has 2 aromatic carbocycles. The molecule has 0 aliphatic carbocycles. The summed E-state index contributed by atoms with van der Waals surface area (Å²) >= 11 is 0. The van der Waals surface area contributed by atoms with Crippen LogP contribution in [0.1, 0.15) is 29.9 Å². The number of hydrogen-bond donors (Lipinski definition) is 2. The second kappa shape index (κ2) is 9.54. The summed E-state index contributed by atoms with van der Waals surface area (Å²) in [4.78, 5) is 20.7. The van der Waals surface area contributed by atoms with E-state index >= 15 is 0 Å². The molecule has 3 rings (SSSR count). The van der Waals surface area contributed by atoms with Gasteiger partial charge in [-0.3, -0.25) is 4.79 Å². The number of hydrogen-bond acceptors (Lipinski definition) is 6. The second-order valence-electron chi connectivity index (χ2n) is 6.64. The maximum atomic E-state index is 12.4. The zero-order valence-electron chi connectivity index (χ0n) is 16.7. The van der Waals surface area contributed by atoms with Gasteiger partial charge in [0.15, 0.2) is 0 Å². The van der Waals surface area contributed by atoms with E-state index in [4.69, 9.17) is 9.47 Å². The molecular weight excluding hydrogens is 368 g/mol. The van der Waals surface area contributed by atoms with Crippen molar-refractivity contribution in [2.75, 3.05) is 12.4 Å². The molecular formula is C22H24N4O3. The number of methoxy groups -OCH3 is 1. The summed E-state index contributed by atoms with van der Waals surface area (Å²) in [7, 11) is 1.62. The normalized spacial score (nSPS) is 10.5. The summed E-state index contributed by atoms with van der Waals surface area (Å²) in [6.45, 7) is 4.36. The van der Waals surface area contributed by atoms with E-state index < -0.39 is 0 Å². The largest absolute Gasteiger partial charge is 0.497 e. The van der Waals surface area contributed by atoms with Crippen molar-refractivity contribution >= 4 is 17.4 Å². The lowest BCUT2D eigenvalue weighted by Crippen LogP contribution is -2.24. The van der Waals surface area contributed by atoms with E-state index in [1.807, 2.05) is 62.4 Å². The van der Waals surface area contributed by atoms with Gasteiger partial charge in [-0.1, -0.05) is 12.1 Å². The Balaban J connectivity index is 1.60. The third kappa shape index (κ3) is 5.93. The number of rotatable bonds is 8. The van der Waals surface area contributed by atoms with Gasteiger partial charge < -0.3 is 20.1 Å². The highest BCUT2D eigenvalue weighted by atomic mass is 16.5. The summed E-state index contributed by atoms with van der Waals surface area (Å²) in [6, 6.07) is 16.7. The van der Waals surface area contributed by atoms with E-state index in [1.165, 1.54) is 6.33 Å². The fourth-order valence-electron chi connectivity index (χ4n) is 2.60. The zero-order chi connectivity index (χ0) is 20.6. The van der Waals surface area contributed by atoms with Crippen LogP contribution < -0.4 is 20.1 Å². The standard InChI is InChI=1S/C22H24N4O3/c1-15(2)29-19-10-6-17(7-11-19)26-21-12-20(24-14-25-21)22(27)23-13-16-4-8-18(28-3)9-5-16/h4-12,14-15H,13H2,1-3H3,(H,23,27)(H,24,25,26). The van der Waals surface area contributed by atoms with Crippen LogP contribution in [0.2, 0.25) is 0 Å². The second-order valence-corrected chi connectivity index (χ2v) is 6.64. The van der Waals surface area contributed by atoms with E-state index in [9.17, 15) is 4.79 Å². The molecule has 7 heteroatoms. The lowest BCUT2D eigenvalue weighted by molar-refractivity contribution is 0.0946. The van der Waals surface area contributed by atoms with Crippen molar-refractivity contribution in [3.8, 4) is 11.5 Å². The van der Waals surface area contributed by atoms with Crippen molar-refractivity contribution in [1.29, 1.82) is 0 Å². The maximum Gasteiger partial charge on any atom is 0.270 e. The van der Waals surface area contributed by atoms with E-state index in [0.29, 0.717) is 12.4 Å². The van der Waals surface area contributed by atoms with Crippen LogP contribution in [0.5, 0.6) is 11.5 Å². The van der Waals surface area contributed by atoms with E-state index in [-0.39, 0.29) is 17.7 Å². The van der Waals surface area contributed by atoms with Crippen molar-refractivity contribution in [1.82, 2.24) is 15.3 Å². The highest BCUT2D eigenvalue weighted by molar-refractivity contribution is 5.92. The van der Waals surface area contributed by atoms with Gasteiger partial charge in [0.05, 0.1) is 13.2 Å². The number of benzene rings is 2. The first-order chi connectivity index (χ1) is 14.0. The number of nitrogens with one attached hydrogen (secondary N) is 2. The van der Waals surface area contributed by atoms with Crippen molar-refractivity contribution in [2.24, 2.45) is 0 Å². The quantitative estimate of drug-likeness (QED) is 0.604. The van der Waals surface area contributed by atoms with Gasteiger partial charge >= 0.3 is 0 Å². The molecule has 0 saturated carbocycles. The van der Waals surface area contributed by atoms with Crippen LogP contribution in [0.4, 0.5) is 11.5 Å². The number of carbonyl (C=O) groups is 1. The van der Waals surface area contributed by atoms with Gasteiger partial charge in [-0.15, -0.1) is 0 Å². The van der Waals surface area contributed by atoms with Gasteiger partial charge in [-0.2, -0.15) is 0 Å². The molecule has 0 radical (unpaired) electrons. The molecule has 0 bridgehead atoms. The Morgan fingerprint density at radius 2 is 1.69 bits per heavy atom. The average Bonchev–Trinajstić information content (AvgIpc) is 2.73. The SMILES string of the molecule is COc1ccc(CNC(=O)c2cc(Nc3ccc(OC(C)C)cc3)ncn2)cc1. The van der Waals surface area contributed by atoms with E-state index in [2.05, 4.69) is 20.6 Å². The first kappa shape index (κ1) is 20.1. The van der Waals surface area contributed by atoms with Crippen LogP contribution in [0.3, 0.4) is 0 Å². The smallest absolute Gasteiger partial charge is 0.270 e. The molecule has 29 heavy (non-hydrogen) atoms. The highest BCUT2D eigenvalue weighted by Crippen LogP contribution is 2.20. The van der Waals surface area contributed by atoms with Crippen LogP contribution in [-0.4, -0.2) is 29.1 Å². The molecule has 0 fully saturated rings. The summed E-state index contributed by atoms with van der Waals surface area (Å²) in [5, 5.41) is 6.02. The number of amides is 1. The zero-order valence-corrected chi connectivity index (χ0v) is 16.7. The third-order valence-electron chi connectivity index (χ3n) is 4.01. The molecule has 0 saturated heterocycles. The minimum atomic E-state index is -0.271. The molecule has 150 valence electrons. The first-order valence-corrected chi connectivity index (χ1v) is 9.30. The van der Waals surface area contributed by atoms with Crippen molar-refractivity contribution in [3.63, 3.8) is 0 Å². The minimum Gasteiger partial charge on any atom is -0.497 e. The molecule has 0 unspecified atom stereocenters. The molecule has 0 atom stereocenters. The summed E-state index contributed by atoms with van der Waals surface area (Å²) < 4.78 is 10.8. The van der Waals surface area contributed by atoms with Crippen LogP contribution in [0.25, 0.3) is 0 Å². The molecule has 1 amide bonds. The lowest BCUT2D eigenvalue weighted by Gasteiger charge is -2.11. The van der Waals surface area contributed by atoms with Crippen LogP contribution in [0.15, 0.2) is 60.9 Å². The van der Waals surface area contributed by atoms with Gasteiger partial charge in [0, 0.05) is 18.3 Å². The summed E-state index contributed by atoms with van der Waals surface area (Å²) in [6.07, 6.45) is 1.48. The Morgan fingerprint density at radius 3 is 2.34 bits per heavy atom. The maximum absolute atomic E-state index is 12.4. The van der Waals surface area contributed by atoms with Crippen LogP contribution in [-0.2, 0) is 6.54 Å². The molecule has 1 heterocycles. The molecule has 1 aromatic heterocycles. The molecule has 0 aliphatic heterocycles. The first-order valence-electron chi connectivity index (χ1n) is 9.30. The van der Waals surface area contributed by atoms with Crippen LogP contribution >= 0.6 is 0 Å². The Labute approximate surface area is 170 Å². The van der Waals surface area contributed by atoms with Crippen LogP contribution in [0, 0.1) is 0 Å². The molecule has 0 spiro atoms. The predicted molar refractivity (Wildman–Crippen MR) is 112 cm³/mol. The summed E-state index contributed by atoms with van der Waals surface area (Å²) in [5.41, 5.74) is 2.09. The fourth-order valence-corrected chi connectivity index (χ4v) is 2.60.